The van der Waals surface area contributed by atoms with Gasteiger partial charge in [0.05, 0.1) is 18.8 Å². The third-order valence-corrected chi connectivity index (χ3v) is 3.59. The monoisotopic (exact) mass is 346 g/mol. The number of aliphatic hydroxyl groups excluding tert-OH is 4. The molecule has 24 heavy (non-hydrogen) atoms. The molecule has 11 nitrogen and oxygen atoms in total. The Bertz CT molecular complexity index is 712. The Morgan fingerprint density at radius 3 is 2.62 bits per heavy atom. The molecule has 0 spiro atoms. The van der Waals surface area contributed by atoms with E-state index in [0.717, 1.165) is 6.20 Å². The normalized spacial score (nSPS) is 27.9. The SMILES string of the molecule is CCOC(=O)C(O)c1cn(C2OC(CO)C(O)C2O)c(=O)[nH]c1=O. The van der Waals surface area contributed by atoms with Crippen LogP contribution < -0.4 is 11.2 Å². The Kier molecular flexibility index (Phi) is 5.51. The molecule has 0 radical (unpaired) electrons. The van der Waals surface area contributed by atoms with Crippen molar-refractivity contribution in [1.82, 2.24) is 9.55 Å². The molecule has 1 fully saturated rings. The highest BCUT2D eigenvalue weighted by molar-refractivity contribution is 5.75. The smallest absolute Gasteiger partial charge is 0.339 e. The third-order valence-electron chi connectivity index (χ3n) is 3.59. The second-order valence-electron chi connectivity index (χ2n) is 5.13. The topological polar surface area (TPSA) is 171 Å². The van der Waals surface area contributed by atoms with Crippen LogP contribution in [0.1, 0.15) is 24.8 Å². The number of esters is 1. The maximum atomic E-state index is 11.9. The summed E-state index contributed by atoms with van der Waals surface area (Å²) in [6, 6.07) is 0. The summed E-state index contributed by atoms with van der Waals surface area (Å²) >= 11 is 0. The van der Waals surface area contributed by atoms with Crippen molar-refractivity contribution in [2.45, 2.75) is 37.6 Å². The molecule has 0 saturated carbocycles. The minimum atomic E-state index is -1.95. The van der Waals surface area contributed by atoms with Crippen LogP contribution in [0, 0.1) is 0 Å². The van der Waals surface area contributed by atoms with Crippen molar-refractivity contribution in [3.63, 3.8) is 0 Å². The molecule has 2 heterocycles. The fourth-order valence-corrected chi connectivity index (χ4v) is 2.34. The Morgan fingerprint density at radius 1 is 1.42 bits per heavy atom. The zero-order chi connectivity index (χ0) is 18.0. The lowest BCUT2D eigenvalue weighted by Crippen LogP contribution is -2.40. The highest BCUT2D eigenvalue weighted by Crippen LogP contribution is 2.28. The minimum Gasteiger partial charge on any atom is -0.464 e. The van der Waals surface area contributed by atoms with Crippen molar-refractivity contribution in [2.75, 3.05) is 13.2 Å². The van der Waals surface area contributed by atoms with Crippen molar-refractivity contribution < 1.29 is 34.7 Å². The molecule has 1 aromatic heterocycles. The lowest BCUT2D eigenvalue weighted by Gasteiger charge is -2.18. The van der Waals surface area contributed by atoms with E-state index < -0.39 is 60.0 Å². The minimum absolute atomic E-state index is 0.0255. The van der Waals surface area contributed by atoms with Crippen molar-refractivity contribution in [1.29, 1.82) is 0 Å². The molecule has 1 saturated heterocycles. The predicted molar refractivity (Wildman–Crippen MR) is 75.9 cm³/mol. The number of nitrogens with zero attached hydrogens (tertiary/aromatic N) is 1. The second-order valence-corrected chi connectivity index (χ2v) is 5.13. The molecule has 1 aliphatic rings. The summed E-state index contributed by atoms with van der Waals surface area (Å²) in [7, 11) is 0. The van der Waals surface area contributed by atoms with Gasteiger partial charge in [0.2, 0.25) is 0 Å². The fourth-order valence-electron chi connectivity index (χ4n) is 2.34. The molecule has 5 N–H and O–H groups in total. The maximum Gasteiger partial charge on any atom is 0.339 e. The van der Waals surface area contributed by atoms with E-state index in [0.29, 0.717) is 4.57 Å². The first-order valence-electron chi connectivity index (χ1n) is 7.14. The van der Waals surface area contributed by atoms with Gasteiger partial charge in [0.15, 0.2) is 12.3 Å². The Morgan fingerprint density at radius 2 is 2.08 bits per heavy atom. The van der Waals surface area contributed by atoms with Gasteiger partial charge >= 0.3 is 11.7 Å². The van der Waals surface area contributed by atoms with Crippen LogP contribution in [-0.4, -0.2) is 67.5 Å². The second kappa shape index (κ2) is 7.23. The summed E-state index contributed by atoms with van der Waals surface area (Å²) in [4.78, 5) is 37.2. The van der Waals surface area contributed by atoms with Gasteiger partial charge < -0.3 is 29.9 Å². The van der Waals surface area contributed by atoms with E-state index in [9.17, 15) is 29.7 Å². The van der Waals surface area contributed by atoms with Gasteiger partial charge in [0.1, 0.15) is 18.3 Å². The number of aromatic nitrogens is 2. The van der Waals surface area contributed by atoms with Crippen LogP contribution in [0.15, 0.2) is 15.8 Å². The largest absolute Gasteiger partial charge is 0.464 e. The Hall–Kier alpha value is -2.05. The molecule has 1 aromatic rings. The highest BCUT2D eigenvalue weighted by Gasteiger charge is 2.44. The van der Waals surface area contributed by atoms with Crippen LogP contribution in [0.3, 0.4) is 0 Å². The van der Waals surface area contributed by atoms with E-state index in [1.165, 1.54) is 6.92 Å². The van der Waals surface area contributed by atoms with E-state index in [4.69, 9.17) is 9.84 Å². The van der Waals surface area contributed by atoms with Crippen molar-refractivity contribution >= 4 is 5.97 Å². The van der Waals surface area contributed by atoms with Gasteiger partial charge in [-0.05, 0) is 6.92 Å². The molecular formula is C13H18N2O9. The number of hydrogen-bond acceptors (Lipinski definition) is 9. The predicted octanol–water partition coefficient (Wildman–Crippen LogP) is -3.26. The molecule has 5 atom stereocenters. The van der Waals surface area contributed by atoms with Crippen LogP contribution >= 0.6 is 0 Å². The number of aliphatic hydroxyl groups is 4. The summed E-state index contributed by atoms with van der Waals surface area (Å²) in [5, 5.41) is 38.6. The van der Waals surface area contributed by atoms with Gasteiger partial charge in [-0.3, -0.25) is 14.3 Å². The average Bonchev–Trinajstić information content (AvgIpc) is 2.82. The van der Waals surface area contributed by atoms with Crippen LogP contribution in [0.5, 0.6) is 0 Å². The van der Waals surface area contributed by atoms with Gasteiger partial charge in [-0.15, -0.1) is 0 Å². The molecule has 5 unspecified atom stereocenters. The van der Waals surface area contributed by atoms with E-state index in [2.05, 4.69) is 4.74 Å². The van der Waals surface area contributed by atoms with E-state index in [1.54, 1.807) is 0 Å². The van der Waals surface area contributed by atoms with Crippen molar-refractivity contribution in [3.05, 3.63) is 32.6 Å². The third kappa shape index (κ3) is 3.25. The molecule has 0 aromatic carbocycles. The number of rotatable bonds is 5. The number of carbonyl (C=O) groups excluding carboxylic acids is 1. The van der Waals surface area contributed by atoms with Crippen LogP contribution in [0.2, 0.25) is 0 Å². The summed E-state index contributed by atoms with van der Waals surface area (Å²) in [5.74, 6) is -1.09. The lowest BCUT2D eigenvalue weighted by molar-refractivity contribution is -0.153. The zero-order valence-corrected chi connectivity index (χ0v) is 12.7. The number of carbonyl (C=O) groups is 1. The fraction of sp³-hybridized carbons (Fsp3) is 0.615. The summed E-state index contributed by atoms with van der Waals surface area (Å²) in [6.45, 7) is 0.877. The first-order chi connectivity index (χ1) is 11.3. The number of ether oxygens (including phenoxy) is 2. The van der Waals surface area contributed by atoms with Gasteiger partial charge in [0, 0.05) is 6.20 Å². The standard InChI is InChI=1S/C13H18N2O9/c1-2-23-12(21)7(17)5-3-15(13(22)14-10(5)20)11-9(19)8(18)6(4-16)24-11/h3,6-9,11,16-19H,2,4H2,1H3,(H,14,20,22). The van der Waals surface area contributed by atoms with Crippen molar-refractivity contribution in [2.24, 2.45) is 0 Å². The van der Waals surface area contributed by atoms with Gasteiger partial charge in [-0.2, -0.15) is 0 Å². The molecule has 0 amide bonds. The quantitative estimate of drug-likeness (QED) is 0.343. The summed E-state index contributed by atoms with van der Waals surface area (Å²) in [5.41, 5.74) is -2.50. The van der Waals surface area contributed by atoms with Gasteiger partial charge in [0.25, 0.3) is 5.56 Å². The number of H-pyrrole nitrogens is 1. The van der Waals surface area contributed by atoms with Crippen LogP contribution in [0.25, 0.3) is 0 Å². The van der Waals surface area contributed by atoms with E-state index >= 15 is 0 Å². The van der Waals surface area contributed by atoms with E-state index in [1.807, 2.05) is 4.98 Å². The zero-order valence-electron chi connectivity index (χ0n) is 12.7. The van der Waals surface area contributed by atoms with E-state index in [-0.39, 0.29) is 6.61 Å². The van der Waals surface area contributed by atoms with Crippen LogP contribution in [0.4, 0.5) is 0 Å². The van der Waals surface area contributed by atoms with Gasteiger partial charge in [-0.1, -0.05) is 0 Å². The number of hydrogen-bond donors (Lipinski definition) is 5. The first kappa shape index (κ1) is 18.3. The highest BCUT2D eigenvalue weighted by atomic mass is 16.6. The Labute approximate surface area is 134 Å². The summed E-state index contributed by atoms with van der Waals surface area (Å²) in [6.07, 6.45) is -6.70. The van der Waals surface area contributed by atoms with Crippen molar-refractivity contribution in [3.8, 4) is 0 Å². The Balaban J connectivity index is 2.42. The first-order valence-corrected chi connectivity index (χ1v) is 7.14. The number of nitrogens with one attached hydrogen (secondary N) is 1. The molecule has 11 heteroatoms. The molecular weight excluding hydrogens is 328 g/mol. The van der Waals surface area contributed by atoms with Gasteiger partial charge in [-0.25, -0.2) is 9.59 Å². The maximum absolute atomic E-state index is 11.9. The lowest BCUT2D eigenvalue weighted by atomic mass is 10.1. The number of aromatic amines is 1. The molecule has 0 aliphatic carbocycles. The molecule has 2 rings (SSSR count). The average molecular weight is 346 g/mol. The molecule has 134 valence electrons. The summed E-state index contributed by atoms with van der Waals surface area (Å²) < 4.78 is 10.5. The molecule has 1 aliphatic heterocycles. The van der Waals surface area contributed by atoms with Crippen LogP contribution in [-0.2, 0) is 14.3 Å². The molecule has 0 bridgehead atoms.